The molecule has 2 aromatic carbocycles. The Balaban J connectivity index is 1.55. The highest BCUT2D eigenvalue weighted by Crippen LogP contribution is 2.44. The fourth-order valence-electron chi connectivity index (χ4n) is 5.56. The molecule has 1 fully saturated rings. The average Bonchev–Trinajstić information content (AvgIpc) is 3.14. The van der Waals surface area contributed by atoms with E-state index in [0.717, 1.165) is 50.0 Å². The minimum Gasteiger partial charge on any atom is -0.369 e. The summed E-state index contributed by atoms with van der Waals surface area (Å²) < 4.78 is 85.7. The second kappa shape index (κ2) is 10.3. The van der Waals surface area contributed by atoms with Crippen LogP contribution in [-0.4, -0.2) is 59.5 Å². The maximum Gasteiger partial charge on any atom is 0.401 e. The van der Waals surface area contributed by atoms with Gasteiger partial charge in [-0.05, 0) is 78.6 Å². The quantitative estimate of drug-likeness (QED) is 0.223. The van der Waals surface area contributed by atoms with Gasteiger partial charge in [0, 0.05) is 50.5 Å². The summed E-state index contributed by atoms with van der Waals surface area (Å²) in [4.78, 5) is 6.29. The number of hydrogen-bond donors (Lipinski definition) is 2. The van der Waals surface area contributed by atoms with Crippen LogP contribution in [0, 0.1) is 15.2 Å². The van der Waals surface area contributed by atoms with Crippen LogP contribution in [0.1, 0.15) is 42.6 Å². The van der Waals surface area contributed by atoms with Crippen LogP contribution in [0.5, 0.6) is 0 Å². The van der Waals surface area contributed by atoms with Crippen molar-refractivity contribution in [3.8, 4) is 0 Å². The molecular formula is C26H27F6IN4. The molecule has 0 spiro atoms. The molecule has 0 aliphatic carbocycles. The van der Waals surface area contributed by atoms with Gasteiger partial charge in [0.15, 0.2) is 0 Å². The number of benzene rings is 2. The van der Waals surface area contributed by atoms with E-state index >= 15 is 8.78 Å². The number of nitrogens with zero attached hydrogens (tertiary/aromatic N) is 2. The fraction of sp³-hybridized carbons (Fsp3) is 0.462. The summed E-state index contributed by atoms with van der Waals surface area (Å²) in [7, 11) is 0. The Labute approximate surface area is 224 Å². The first-order valence-electron chi connectivity index (χ1n) is 12.2. The van der Waals surface area contributed by atoms with Gasteiger partial charge in [-0.3, -0.25) is 14.2 Å². The van der Waals surface area contributed by atoms with Crippen molar-refractivity contribution in [2.45, 2.75) is 50.6 Å². The lowest BCUT2D eigenvalue weighted by Crippen LogP contribution is -2.52. The number of likely N-dealkylation sites (tertiary alicyclic amines) is 1. The van der Waals surface area contributed by atoms with Crippen LogP contribution >= 0.6 is 22.6 Å². The number of nitrogens with one attached hydrogen (secondary N) is 2. The molecule has 2 aliphatic rings. The number of hydrogen-bond acceptors (Lipinski definition) is 3. The van der Waals surface area contributed by atoms with Gasteiger partial charge in [-0.15, -0.1) is 0 Å². The van der Waals surface area contributed by atoms with Crippen LogP contribution in [0.25, 0.3) is 10.9 Å². The molecule has 1 saturated heterocycles. The standard InChI is InChI=1S/C26H27F6IN4/c1-14-9-18-17-4-3-15(33)10-21(17)35-24(18)25(37(14)13-26(30,31)32)23-19(28)11-16(12-20(23)29)34-22-5-8-36(22)7-2-6-27/h3-4,10-12,14,22,25,34-35H,2,5-9,13H2,1H3/t14-,22?,25-/m1/s1. The van der Waals surface area contributed by atoms with Crippen LogP contribution in [0.15, 0.2) is 30.3 Å². The third kappa shape index (κ3) is 5.31. The van der Waals surface area contributed by atoms with E-state index in [-0.39, 0.29) is 11.9 Å². The monoisotopic (exact) mass is 636 g/mol. The summed E-state index contributed by atoms with van der Waals surface area (Å²) >= 11 is 2.14. The highest BCUT2D eigenvalue weighted by atomic mass is 127. The van der Waals surface area contributed by atoms with Crippen molar-refractivity contribution in [3.63, 3.8) is 0 Å². The van der Waals surface area contributed by atoms with Crippen molar-refractivity contribution in [2.24, 2.45) is 0 Å². The molecule has 0 amide bonds. The van der Waals surface area contributed by atoms with Gasteiger partial charge in [0.25, 0.3) is 0 Å². The van der Waals surface area contributed by atoms with Gasteiger partial charge < -0.3 is 10.3 Å². The van der Waals surface area contributed by atoms with Gasteiger partial charge in [0.1, 0.15) is 11.6 Å². The first kappa shape index (κ1) is 26.6. The van der Waals surface area contributed by atoms with Gasteiger partial charge in [-0.25, -0.2) is 8.78 Å². The molecule has 5 rings (SSSR count). The highest BCUT2D eigenvalue weighted by molar-refractivity contribution is 14.1. The van der Waals surface area contributed by atoms with E-state index in [9.17, 15) is 17.6 Å². The molecule has 0 bridgehead atoms. The zero-order valence-electron chi connectivity index (χ0n) is 20.1. The topological polar surface area (TPSA) is 34.3 Å². The Kier molecular flexibility index (Phi) is 7.40. The van der Waals surface area contributed by atoms with Crippen molar-refractivity contribution in [2.75, 3.05) is 31.6 Å². The van der Waals surface area contributed by atoms with Crippen molar-refractivity contribution in [1.29, 1.82) is 0 Å². The average molecular weight is 636 g/mol. The predicted octanol–water partition coefficient (Wildman–Crippen LogP) is 6.75. The van der Waals surface area contributed by atoms with Gasteiger partial charge in [-0.2, -0.15) is 13.2 Å². The van der Waals surface area contributed by atoms with Gasteiger partial charge in [0.05, 0.1) is 25.4 Å². The van der Waals surface area contributed by atoms with Crippen LogP contribution in [0.3, 0.4) is 0 Å². The first-order chi connectivity index (χ1) is 17.6. The number of H-pyrrole nitrogens is 1. The molecule has 1 unspecified atom stereocenters. The fourth-order valence-corrected chi connectivity index (χ4v) is 6.05. The number of anilines is 1. The minimum atomic E-state index is -4.55. The summed E-state index contributed by atoms with van der Waals surface area (Å²) in [5.41, 5.74) is 1.68. The van der Waals surface area contributed by atoms with Crippen molar-refractivity contribution < 1.29 is 26.3 Å². The molecule has 3 aromatic rings. The van der Waals surface area contributed by atoms with Gasteiger partial charge in [-0.1, -0.05) is 6.07 Å². The molecule has 3 atom stereocenters. The van der Waals surface area contributed by atoms with Crippen molar-refractivity contribution >= 4 is 39.2 Å². The van der Waals surface area contributed by atoms with E-state index in [0.29, 0.717) is 25.1 Å². The largest absolute Gasteiger partial charge is 0.401 e. The zero-order chi connectivity index (χ0) is 26.5. The SMILES string of the molecule is C[C@@H]1Cc2c([nH]c3cc(I)ccc23)[C@@H](c2c(F)cc(NC3CCN3CCCF)cc2F)N1CC(F)(F)F. The molecule has 2 aliphatic heterocycles. The molecule has 200 valence electrons. The Morgan fingerprint density at radius 3 is 2.49 bits per heavy atom. The number of aromatic amines is 1. The van der Waals surface area contributed by atoms with E-state index in [1.165, 1.54) is 0 Å². The van der Waals surface area contributed by atoms with E-state index in [1.54, 1.807) is 6.92 Å². The number of rotatable bonds is 7. The number of aromatic nitrogens is 1. The van der Waals surface area contributed by atoms with Crippen LogP contribution in [0.4, 0.5) is 32.0 Å². The Morgan fingerprint density at radius 2 is 1.86 bits per heavy atom. The number of halogens is 7. The zero-order valence-corrected chi connectivity index (χ0v) is 22.3. The van der Waals surface area contributed by atoms with Gasteiger partial charge in [0.2, 0.25) is 0 Å². The number of alkyl halides is 4. The second-order valence-corrected chi connectivity index (χ2v) is 11.1. The van der Waals surface area contributed by atoms with E-state index < -0.39 is 48.7 Å². The lowest BCUT2D eigenvalue weighted by molar-refractivity contribution is -0.155. The Hall–Kier alpha value is -1.99. The van der Waals surface area contributed by atoms with Crippen molar-refractivity contribution in [3.05, 3.63) is 62.4 Å². The lowest BCUT2D eigenvalue weighted by atomic mass is 9.88. The molecule has 37 heavy (non-hydrogen) atoms. The molecular weight excluding hydrogens is 609 g/mol. The maximum absolute atomic E-state index is 15.6. The van der Waals surface area contributed by atoms with Crippen LogP contribution in [0.2, 0.25) is 0 Å². The molecule has 4 nitrogen and oxygen atoms in total. The summed E-state index contributed by atoms with van der Waals surface area (Å²) in [5, 5.41) is 3.92. The van der Waals surface area contributed by atoms with Crippen LogP contribution < -0.4 is 5.32 Å². The van der Waals surface area contributed by atoms with Crippen molar-refractivity contribution in [1.82, 2.24) is 14.8 Å². The minimum absolute atomic E-state index is 0.171. The second-order valence-electron chi connectivity index (χ2n) is 9.83. The molecule has 2 N–H and O–H groups in total. The smallest absolute Gasteiger partial charge is 0.369 e. The van der Waals surface area contributed by atoms with E-state index in [4.69, 9.17) is 0 Å². The molecule has 0 saturated carbocycles. The molecule has 0 radical (unpaired) electrons. The summed E-state index contributed by atoms with van der Waals surface area (Å²) in [5.74, 6) is -1.83. The first-order valence-corrected chi connectivity index (χ1v) is 13.3. The lowest BCUT2D eigenvalue weighted by Gasteiger charge is -2.42. The molecule has 11 heteroatoms. The summed E-state index contributed by atoms with van der Waals surface area (Å²) in [6.07, 6.45) is -3.28. The molecule has 3 heterocycles. The highest BCUT2D eigenvalue weighted by Gasteiger charge is 2.44. The maximum atomic E-state index is 15.6. The third-order valence-corrected chi connectivity index (χ3v) is 8.00. The predicted molar refractivity (Wildman–Crippen MR) is 139 cm³/mol. The Morgan fingerprint density at radius 1 is 1.14 bits per heavy atom. The van der Waals surface area contributed by atoms with E-state index in [2.05, 4.69) is 32.9 Å². The molecule has 1 aromatic heterocycles. The normalized spacial score (nSPS) is 22.8. The summed E-state index contributed by atoms with van der Waals surface area (Å²) in [6.45, 7) is 1.21. The number of fused-ring (bicyclic) bond motifs is 3. The Bertz CT molecular complexity index is 1270. The van der Waals surface area contributed by atoms with Gasteiger partial charge >= 0.3 is 6.18 Å². The summed E-state index contributed by atoms with van der Waals surface area (Å²) in [6, 6.07) is 6.07. The third-order valence-electron chi connectivity index (χ3n) is 7.33. The van der Waals surface area contributed by atoms with E-state index in [1.807, 2.05) is 23.1 Å². The van der Waals surface area contributed by atoms with Crippen LogP contribution in [-0.2, 0) is 6.42 Å².